The van der Waals surface area contributed by atoms with E-state index >= 15 is 0 Å². The third-order valence-electron chi connectivity index (χ3n) is 4.22. The predicted octanol–water partition coefficient (Wildman–Crippen LogP) is 2.13. The van der Waals surface area contributed by atoms with Crippen molar-refractivity contribution in [3.8, 4) is 0 Å². The first kappa shape index (κ1) is 17.4. The van der Waals surface area contributed by atoms with Gasteiger partial charge >= 0.3 is 0 Å². The minimum Gasteiger partial charge on any atom is -0.354 e. The maximum Gasteiger partial charge on any atom is 0.234 e. The van der Waals surface area contributed by atoms with Crippen molar-refractivity contribution in [1.29, 1.82) is 0 Å². The highest BCUT2D eigenvalue weighted by atomic mass is 16.2. The van der Waals surface area contributed by atoms with Gasteiger partial charge in [-0.2, -0.15) is 0 Å². The Hall–Kier alpha value is -0.610. The molecule has 4 heteroatoms. The SMILES string of the molecule is CCCCCC(C)(C)CNC(=O)CN1CCC(N)CC1. The zero-order valence-corrected chi connectivity index (χ0v) is 13.6. The van der Waals surface area contributed by atoms with Gasteiger partial charge in [-0.25, -0.2) is 0 Å². The maximum absolute atomic E-state index is 12.0. The van der Waals surface area contributed by atoms with Crippen LogP contribution < -0.4 is 11.1 Å². The summed E-state index contributed by atoms with van der Waals surface area (Å²) in [5.41, 5.74) is 6.08. The minimum atomic E-state index is 0.157. The lowest BCUT2D eigenvalue weighted by atomic mass is 9.87. The lowest BCUT2D eigenvalue weighted by Crippen LogP contribution is -2.45. The smallest absolute Gasteiger partial charge is 0.234 e. The average Bonchev–Trinajstić information content (AvgIpc) is 2.40. The molecule has 0 spiro atoms. The van der Waals surface area contributed by atoms with Gasteiger partial charge in [0.05, 0.1) is 6.54 Å². The number of unbranched alkanes of at least 4 members (excludes halogenated alkanes) is 2. The minimum absolute atomic E-state index is 0.157. The van der Waals surface area contributed by atoms with Crippen molar-refractivity contribution < 1.29 is 4.79 Å². The molecule has 3 N–H and O–H groups in total. The van der Waals surface area contributed by atoms with Gasteiger partial charge in [0.25, 0.3) is 0 Å². The fourth-order valence-corrected chi connectivity index (χ4v) is 2.65. The standard InChI is InChI=1S/C16H33N3O/c1-4-5-6-9-16(2,3)13-18-15(20)12-19-10-7-14(17)8-11-19/h14H,4-13,17H2,1-3H3,(H,18,20). The molecule has 1 saturated heterocycles. The number of rotatable bonds is 8. The molecule has 0 atom stereocenters. The van der Waals surface area contributed by atoms with Crippen LogP contribution in [0.2, 0.25) is 0 Å². The molecule has 1 aliphatic heterocycles. The van der Waals surface area contributed by atoms with Crippen molar-refractivity contribution in [2.75, 3.05) is 26.2 Å². The van der Waals surface area contributed by atoms with Gasteiger partial charge in [0, 0.05) is 25.7 Å². The molecule has 1 heterocycles. The van der Waals surface area contributed by atoms with E-state index in [0.29, 0.717) is 12.6 Å². The highest BCUT2D eigenvalue weighted by molar-refractivity contribution is 5.78. The largest absolute Gasteiger partial charge is 0.354 e. The van der Waals surface area contributed by atoms with E-state index in [9.17, 15) is 4.79 Å². The van der Waals surface area contributed by atoms with Crippen LogP contribution in [0.3, 0.4) is 0 Å². The number of hydrogen-bond donors (Lipinski definition) is 2. The maximum atomic E-state index is 12.0. The molecule has 1 amide bonds. The van der Waals surface area contributed by atoms with Crippen LogP contribution in [0, 0.1) is 5.41 Å². The second kappa shape index (κ2) is 8.63. The van der Waals surface area contributed by atoms with Gasteiger partial charge in [-0.1, -0.05) is 40.0 Å². The van der Waals surface area contributed by atoms with E-state index in [2.05, 4.69) is 31.0 Å². The second-order valence-electron chi connectivity index (χ2n) is 7.01. The summed E-state index contributed by atoms with van der Waals surface area (Å²) in [5, 5.41) is 3.10. The topological polar surface area (TPSA) is 58.4 Å². The molecular formula is C16H33N3O. The van der Waals surface area contributed by atoms with Crippen molar-refractivity contribution in [3.05, 3.63) is 0 Å². The number of piperidine rings is 1. The molecular weight excluding hydrogens is 250 g/mol. The highest BCUT2D eigenvalue weighted by Gasteiger charge is 2.21. The van der Waals surface area contributed by atoms with E-state index in [0.717, 1.165) is 32.5 Å². The van der Waals surface area contributed by atoms with Crippen molar-refractivity contribution in [2.24, 2.45) is 11.1 Å². The van der Waals surface area contributed by atoms with Gasteiger partial charge in [-0.05, 0) is 24.7 Å². The predicted molar refractivity (Wildman–Crippen MR) is 84.6 cm³/mol. The van der Waals surface area contributed by atoms with E-state index in [4.69, 9.17) is 5.73 Å². The first-order valence-electron chi connectivity index (χ1n) is 8.17. The molecule has 4 nitrogen and oxygen atoms in total. The average molecular weight is 283 g/mol. The Morgan fingerprint density at radius 2 is 1.95 bits per heavy atom. The van der Waals surface area contributed by atoms with E-state index < -0.39 is 0 Å². The zero-order valence-electron chi connectivity index (χ0n) is 13.6. The van der Waals surface area contributed by atoms with Crippen LogP contribution in [0.25, 0.3) is 0 Å². The molecule has 118 valence electrons. The third-order valence-corrected chi connectivity index (χ3v) is 4.22. The van der Waals surface area contributed by atoms with Crippen LogP contribution in [0.5, 0.6) is 0 Å². The van der Waals surface area contributed by atoms with Crippen LogP contribution >= 0.6 is 0 Å². The van der Waals surface area contributed by atoms with E-state index in [1.165, 1.54) is 25.7 Å². The summed E-state index contributed by atoms with van der Waals surface area (Å²) in [6.07, 6.45) is 6.99. The number of carbonyl (C=O) groups excluding carboxylic acids is 1. The van der Waals surface area contributed by atoms with Gasteiger partial charge < -0.3 is 11.1 Å². The summed E-state index contributed by atoms with van der Waals surface area (Å²) >= 11 is 0. The fraction of sp³-hybridized carbons (Fsp3) is 0.938. The van der Waals surface area contributed by atoms with Gasteiger partial charge in [0.2, 0.25) is 5.91 Å². The number of carbonyl (C=O) groups is 1. The number of nitrogens with one attached hydrogen (secondary N) is 1. The third kappa shape index (κ3) is 7.25. The molecule has 0 aromatic heterocycles. The van der Waals surface area contributed by atoms with Gasteiger partial charge in [0.1, 0.15) is 0 Å². The zero-order chi connectivity index (χ0) is 15.0. The van der Waals surface area contributed by atoms with E-state index in [1.54, 1.807) is 0 Å². The summed E-state index contributed by atoms with van der Waals surface area (Å²) in [4.78, 5) is 14.2. The number of amides is 1. The summed E-state index contributed by atoms with van der Waals surface area (Å²) in [5.74, 6) is 0.157. The molecule has 0 unspecified atom stereocenters. The molecule has 0 saturated carbocycles. The number of nitrogens with two attached hydrogens (primary N) is 1. The Morgan fingerprint density at radius 3 is 2.55 bits per heavy atom. The normalized spacial score (nSPS) is 18.2. The first-order valence-corrected chi connectivity index (χ1v) is 8.17. The summed E-state index contributed by atoms with van der Waals surface area (Å²) in [6.45, 7) is 9.91. The Labute approximate surface area is 124 Å². The molecule has 1 rings (SSSR count). The molecule has 0 radical (unpaired) electrons. The Balaban J connectivity index is 2.18. The quantitative estimate of drug-likeness (QED) is 0.671. The summed E-state index contributed by atoms with van der Waals surface area (Å²) in [6, 6.07) is 0.326. The molecule has 0 bridgehead atoms. The van der Waals surface area contributed by atoms with Crippen LogP contribution in [-0.4, -0.2) is 43.0 Å². The van der Waals surface area contributed by atoms with Crippen LogP contribution in [0.1, 0.15) is 59.3 Å². The molecule has 1 aliphatic rings. The van der Waals surface area contributed by atoms with Crippen molar-refractivity contribution >= 4 is 5.91 Å². The number of likely N-dealkylation sites (tertiary alicyclic amines) is 1. The molecule has 1 fully saturated rings. The van der Waals surface area contributed by atoms with E-state index in [1.807, 2.05) is 0 Å². The Kier molecular flexibility index (Phi) is 7.52. The molecule has 0 aliphatic carbocycles. The summed E-state index contributed by atoms with van der Waals surface area (Å²) in [7, 11) is 0. The lowest BCUT2D eigenvalue weighted by Gasteiger charge is -2.30. The van der Waals surface area contributed by atoms with Crippen LogP contribution in [0.15, 0.2) is 0 Å². The number of hydrogen-bond acceptors (Lipinski definition) is 3. The monoisotopic (exact) mass is 283 g/mol. The van der Waals surface area contributed by atoms with Crippen LogP contribution in [-0.2, 0) is 4.79 Å². The van der Waals surface area contributed by atoms with Gasteiger partial charge in [-0.3, -0.25) is 9.69 Å². The number of nitrogens with zero attached hydrogens (tertiary/aromatic N) is 1. The second-order valence-corrected chi connectivity index (χ2v) is 7.01. The molecule has 0 aromatic rings. The van der Waals surface area contributed by atoms with Crippen molar-refractivity contribution in [1.82, 2.24) is 10.2 Å². The molecule has 0 aromatic carbocycles. The highest BCUT2D eigenvalue weighted by Crippen LogP contribution is 2.22. The Bertz CT molecular complexity index is 283. The lowest BCUT2D eigenvalue weighted by molar-refractivity contribution is -0.123. The van der Waals surface area contributed by atoms with Crippen LogP contribution in [0.4, 0.5) is 0 Å². The fourth-order valence-electron chi connectivity index (χ4n) is 2.65. The van der Waals surface area contributed by atoms with Crippen molar-refractivity contribution in [3.63, 3.8) is 0 Å². The first-order chi connectivity index (χ1) is 9.43. The van der Waals surface area contributed by atoms with Gasteiger partial charge in [0.15, 0.2) is 0 Å². The summed E-state index contributed by atoms with van der Waals surface area (Å²) < 4.78 is 0. The molecule has 20 heavy (non-hydrogen) atoms. The van der Waals surface area contributed by atoms with Gasteiger partial charge in [-0.15, -0.1) is 0 Å². The van der Waals surface area contributed by atoms with E-state index in [-0.39, 0.29) is 11.3 Å². The van der Waals surface area contributed by atoms with Crippen molar-refractivity contribution in [2.45, 2.75) is 65.3 Å². The Morgan fingerprint density at radius 1 is 1.30 bits per heavy atom.